The Hall–Kier alpha value is -1.67. The molecule has 1 N–H and O–H groups in total. The van der Waals surface area contributed by atoms with Crippen LogP contribution in [-0.2, 0) is 28.6 Å². The molecule has 1 saturated heterocycles. The fourth-order valence-electron chi connectivity index (χ4n) is 9.36. The number of piperazine rings is 1. The third-order valence-electron chi connectivity index (χ3n) is 13.6. The molecule has 0 aliphatic carbocycles. The molecule has 8 nitrogen and oxygen atoms in total. The molecule has 1 aliphatic heterocycles. The van der Waals surface area contributed by atoms with Crippen molar-refractivity contribution in [1.29, 1.82) is 0 Å². The lowest BCUT2D eigenvalue weighted by molar-refractivity contribution is -0.150. The summed E-state index contributed by atoms with van der Waals surface area (Å²) in [6.45, 7) is 15.4. The van der Waals surface area contributed by atoms with E-state index in [1.54, 1.807) is 0 Å². The topological polar surface area (TPSA) is 94.2 Å². The van der Waals surface area contributed by atoms with Crippen molar-refractivity contribution in [3.8, 4) is 0 Å². The standard InChI is InChI=1S/C55H106N2O6/c1-5-9-23-32-50(33-24-10-6-2)41-48-61-53(58)38-29-21-17-13-15-19-27-36-52(63-55(60)40-31-45-57-46-43-56-44-47-57)37-28-20-16-14-18-22-30-39-54(59)62-49-42-51(34-25-11-7-3)35-26-12-8-4/h50-52,56H,5-49H2,1-4H3. The first-order chi connectivity index (χ1) is 30.9. The molecule has 1 heterocycles. The van der Waals surface area contributed by atoms with E-state index in [2.05, 4.69) is 37.9 Å². The summed E-state index contributed by atoms with van der Waals surface area (Å²) in [5.74, 6) is 1.36. The minimum Gasteiger partial charge on any atom is -0.466 e. The van der Waals surface area contributed by atoms with Crippen molar-refractivity contribution < 1.29 is 28.6 Å². The Balaban J connectivity index is 2.26. The molecule has 1 aliphatic rings. The Morgan fingerprint density at radius 3 is 1.16 bits per heavy atom. The molecule has 0 radical (unpaired) electrons. The van der Waals surface area contributed by atoms with Crippen molar-refractivity contribution in [2.45, 2.75) is 278 Å². The van der Waals surface area contributed by atoms with Gasteiger partial charge in [0.2, 0.25) is 0 Å². The van der Waals surface area contributed by atoms with Crippen LogP contribution in [0, 0.1) is 11.8 Å². The smallest absolute Gasteiger partial charge is 0.306 e. The molecule has 0 atom stereocenters. The Morgan fingerprint density at radius 2 is 0.762 bits per heavy atom. The molecule has 1 fully saturated rings. The van der Waals surface area contributed by atoms with Gasteiger partial charge in [-0.1, -0.05) is 195 Å². The van der Waals surface area contributed by atoms with Crippen LogP contribution in [0.4, 0.5) is 0 Å². The van der Waals surface area contributed by atoms with Gasteiger partial charge in [0, 0.05) is 45.4 Å². The number of nitrogens with zero attached hydrogens (tertiary/aromatic N) is 1. The first kappa shape index (κ1) is 59.3. The van der Waals surface area contributed by atoms with Gasteiger partial charge < -0.3 is 24.4 Å². The second kappa shape index (κ2) is 45.5. The number of carbonyl (C=O) groups excluding carboxylic acids is 3. The van der Waals surface area contributed by atoms with Crippen LogP contribution in [0.5, 0.6) is 0 Å². The van der Waals surface area contributed by atoms with Crippen LogP contribution in [-0.4, -0.2) is 74.8 Å². The van der Waals surface area contributed by atoms with Crippen LogP contribution in [0.25, 0.3) is 0 Å². The Labute approximate surface area is 391 Å². The highest BCUT2D eigenvalue weighted by molar-refractivity contribution is 5.70. The average Bonchev–Trinajstić information content (AvgIpc) is 3.28. The summed E-state index contributed by atoms with van der Waals surface area (Å²) in [5.41, 5.74) is 0. The number of esters is 3. The molecule has 0 bridgehead atoms. The van der Waals surface area contributed by atoms with E-state index in [4.69, 9.17) is 14.2 Å². The number of rotatable bonds is 47. The van der Waals surface area contributed by atoms with Crippen molar-refractivity contribution in [3.63, 3.8) is 0 Å². The summed E-state index contributed by atoms with van der Waals surface area (Å²) in [6.07, 6.45) is 42.8. The van der Waals surface area contributed by atoms with Crippen molar-refractivity contribution in [2.24, 2.45) is 11.8 Å². The molecule has 0 aromatic rings. The van der Waals surface area contributed by atoms with Crippen LogP contribution in [0.3, 0.4) is 0 Å². The third-order valence-corrected chi connectivity index (χ3v) is 13.6. The van der Waals surface area contributed by atoms with E-state index in [-0.39, 0.29) is 24.0 Å². The average molecular weight is 891 g/mol. The highest BCUT2D eigenvalue weighted by Gasteiger charge is 2.17. The number of hydrogen-bond donors (Lipinski definition) is 1. The summed E-state index contributed by atoms with van der Waals surface area (Å²) < 4.78 is 17.4. The first-order valence-corrected chi connectivity index (χ1v) is 27.8. The summed E-state index contributed by atoms with van der Waals surface area (Å²) in [7, 11) is 0. The largest absolute Gasteiger partial charge is 0.466 e. The minimum absolute atomic E-state index is 0.0149. The Kier molecular flexibility index (Phi) is 42.8. The van der Waals surface area contributed by atoms with E-state index in [1.165, 1.54) is 154 Å². The Bertz CT molecular complexity index is 939. The summed E-state index contributed by atoms with van der Waals surface area (Å²) in [5, 5.41) is 3.40. The van der Waals surface area contributed by atoms with Gasteiger partial charge in [0.25, 0.3) is 0 Å². The van der Waals surface area contributed by atoms with Crippen LogP contribution >= 0.6 is 0 Å². The van der Waals surface area contributed by atoms with Gasteiger partial charge in [0.15, 0.2) is 0 Å². The minimum atomic E-state index is -0.0234. The molecule has 0 unspecified atom stereocenters. The van der Waals surface area contributed by atoms with E-state index in [0.717, 1.165) is 103 Å². The van der Waals surface area contributed by atoms with Crippen molar-refractivity contribution in [2.75, 3.05) is 45.9 Å². The molecule has 63 heavy (non-hydrogen) atoms. The van der Waals surface area contributed by atoms with Gasteiger partial charge in [0.1, 0.15) is 6.10 Å². The number of unbranched alkanes of at least 4 members (excludes halogenated alkanes) is 20. The number of nitrogens with one attached hydrogen (secondary N) is 1. The SMILES string of the molecule is CCCCCC(CCCCC)CCOC(=O)CCCCCCCCCC(CCCCCCCCCC(=O)OCCC(CCCCC)CCCCC)OC(=O)CCCN1CCNCC1. The molecule has 0 spiro atoms. The zero-order valence-electron chi connectivity index (χ0n) is 42.4. The van der Waals surface area contributed by atoms with E-state index >= 15 is 0 Å². The van der Waals surface area contributed by atoms with Crippen LogP contribution < -0.4 is 5.32 Å². The lowest BCUT2D eigenvalue weighted by Gasteiger charge is -2.27. The maximum absolute atomic E-state index is 12.9. The zero-order chi connectivity index (χ0) is 45.7. The maximum Gasteiger partial charge on any atom is 0.306 e. The first-order valence-electron chi connectivity index (χ1n) is 27.8. The maximum atomic E-state index is 12.9. The lowest BCUT2D eigenvalue weighted by Crippen LogP contribution is -2.43. The quantitative estimate of drug-likeness (QED) is 0.0367. The molecular formula is C55H106N2O6. The van der Waals surface area contributed by atoms with Gasteiger partial charge in [-0.05, 0) is 76.2 Å². The second-order valence-corrected chi connectivity index (χ2v) is 19.6. The van der Waals surface area contributed by atoms with Gasteiger partial charge >= 0.3 is 17.9 Å². The van der Waals surface area contributed by atoms with Crippen molar-refractivity contribution in [3.05, 3.63) is 0 Å². The molecule has 1 rings (SSSR count). The molecule has 372 valence electrons. The molecule has 0 amide bonds. The second-order valence-electron chi connectivity index (χ2n) is 19.6. The number of hydrogen-bond acceptors (Lipinski definition) is 8. The van der Waals surface area contributed by atoms with Gasteiger partial charge in [-0.2, -0.15) is 0 Å². The Morgan fingerprint density at radius 1 is 0.413 bits per heavy atom. The fourth-order valence-corrected chi connectivity index (χ4v) is 9.36. The summed E-state index contributed by atoms with van der Waals surface area (Å²) in [4.78, 5) is 40.1. The number of ether oxygens (including phenoxy) is 3. The van der Waals surface area contributed by atoms with Crippen LogP contribution in [0.1, 0.15) is 272 Å². The normalized spacial score (nSPS) is 13.4. The van der Waals surface area contributed by atoms with Gasteiger partial charge in [-0.3, -0.25) is 14.4 Å². The van der Waals surface area contributed by atoms with Gasteiger partial charge in [-0.25, -0.2) is 0 Å². The van der Waals surface area contributed by atoms with E-state index < -0.39 is 0 Å². The molecule has 8 heteroatoms. The van der Waals surface area contributed by atoms with E-state index in [9.17, 15) is 14.4 Å². The molecule has 0 saturated carbocycles. The van der Waals surface area contributed by atoms with Crippen molar-refractivity contribution in [1.82, 2.24) is 10.2 Å². The third kappa shape index (κ3) is 39.2. The van der Waals surface area contributed by atoms with E-state index in [0.29, 0.717) is 44.3 Å². The lowest BCUT2D eigenvalue weighted by atomic mass is 9.92. The van der Waals surface area contributed by atoms with E-state index in [1.807, 2.05) is 0 Å². The van der Waals surface area contributed by atoms with Crippen LogP contribution in [0.2, 0.25) is 0 Å². The highest BCUT2D eigenvalue weighted by atomic mass is 16.5. The van der Waals surface area contributed by atoms with Gasteiger partial charge in [0.05, 0.1) is 13.2 Å². The number of carbonyl (C=O) groups is 3. The summed E-state index contributed by atoms with van der Waals surface area (Å²) in [6, 6.07) is 0. The molecule has 0 aromatic heterocycles. The predicted octanol–water partition coefficient (Wildman–Crippen LogP) is 15.0. The molecule has 0 aromatic carbocycles. The predicted molar refractivity (Wildman–Crippen MR) is 266 cm³/mol. The van der Waals surface area contributed by atoms with Crippen LogP contribution in [0.15, 0.2) is 0 Å². The highest BCUT2D eigenvalue weighted by Crippen LogP contribution is 2.23. The fraction of sp³-hybridized carbons (Fsp3) is 0.945. The monoisotopic (exact) mass is 891 g/mol. The van der Waals surface area contributed by atoms with Crippen molar-refractivity contribution >= 4 is 17.9 Å². The molecular weight excluding hydrogens is 785 g/mol. The zero-order valence-corrected chi connectivity index (χ0v) is 42.4. The summed E-state index contributed by atoms with van der Waals surface area (Å²) >= 11 is 0. The van der Waals surface area contributed by atoms with Gasteiger partial charge in [-0.15, -0.1) is 0 Å².